The first-order chi connectivity index (χ1) is 5.04. The van der Waals surface area contributed by atoms with E-state index in [1.54, 1.807) is 0 Å². The van der Waals surface area contributed by atoms with E-state index in [0.717, 1.165) is 6.54 Å². The molecule has 0 aliphatic heterocycles. The number of carbonyl (C=O) groups excluding carboxylic acids is 1. The van der Waals surface area contributed by atoms with Crippen molar-refractivity contribution in [3.63, 3.8) is 0 Å². The molecular weight excluding hydrogens is 146 g/mol. The van der Waals surface area contributed by atoms with Crippen LogP contribution in [0.1, 0.15) is 12.8 Å². The Balaban J connectivity index is 3.40. The van der Waals surface area contributed by atoms with Crippen molar-refractivity contribution >= 4 is 11.8 Å². The minimum atomic E-state index is -1.33. The molecule has 0 rings (SSSR count). The summed E-state index contributed by atoms with van der Waals surface area (Å²) in [6.45, 7) is 0.749. The Morgan fingerprint density at radius 3 is 2.27 bits per heavy atom. The van der Waals surface area contributed by atoms with Gasteiger partial charge in [0.25, 0.3) is 0 Å². The minimum absolute atomic E-state index is 0.132. The fraction of sp³-hybridized carbons (Fsp3) is 0.714. The van der Waals surface area contributed by atoms with Crippen LogP contribution in [0.3, 0.4) is 0 Å². The summed E-state index contributed by atoms with van der Waals surface area (Å²) in [5.41, 5.74) is 0. The molecule has 0 aromatic heterocycles. The van der Waals surface area contributed by atoms with Gasteiger partial charge in [0.1, 0.15) is 0 Å². The normalized spacial score (nSPS) is 10.1. The lowest BCUT2D eigenvalue weighted by Gasteiger charge is -2.06. The second-order valence-corrected chi connectivity index (χ2v) is 2.64. The minimum Gasteiger partial charge on any atom is -0.476 e. The third-order valence-electron chi connectivity index (χ3n) is 1.25. The second-order valence-electron chi connectivity index (χ2n) is 2.64. The summed E-state index contributed by atoms with van der Waals surface area (Å²) in [4.78, 5) is 22.4. The van der Waals surface area contributed by atoms with Crippen LogP contribution in [0.25, 0.3) is 0 Å². The number of rotatable bonds is 5. The maximum atomic E-state index is 10.5. The van der Waals surface area contributed by atoms with E-state index in [1.165, 1.54) is 0 Å². The summed E-state index contributed by atoms with van der Waals surface area (Å²) in [7, 11) is 3.76. The Hall–Kier alpha value is -0.900. The van der Waals surface area contributed by atoms with Gasteiger partial charge in [-0.05, 0) is 27.1 Å². The molecule has 4 heteroatoms. The maximum Gasteiger partial charge on any atom is 0.372 e. The van der Waals surface area contributed by atoms with Crippen molar-refractivity contribution in [2.75, 3.05) is 20.6 Å². The lowest BCUT2D eigenvalue weighted by Crippen LogP contribution is -2.17. The number of carbonyl (C=O) groups is 2. The molecule has 0 saturated carbocycles. The van der Waals surface area contributed by atoms with Gasteiger partial charge < -0.3 is 10.0 Å². The quantitative estimate of drug-likeness (QED) is 0.573. The second kappa shape index (κ2) is 4.85. The van der Waals surface area contributed by atoms with Crippen LogP contribution in [0.4, 0.5) is 0 Å². The molecular formula is C7H13NO3. The monoisotopic (exact) mass is 159 g/mol. The third kappa shape index (κ3) is 5.54. The Morgan fingerprint density at radius 1 is 1.36 bits per heavy atom. The highest BCUT2D eigenvalue weighted by atomic mass is 16.4. The zero-order valence-electron chi connectivity index (χ0n) is 6.83. The number of carboxylic acid groups (broad SMARTS) is 1. The standard InChI is InChI=1S/C7H13NO3/c1-8(2)5-3-4-6(9)7(10)11/h3-5H2,1-2H3,(H,10,11). The van der Waals surface area contributed by atoms with E-state index in [4.69, 9.17) is 5.11 Å². The number of aliphatic carboxylic acids is 1. The van der Waals surface area contributed by atoms with Crippen LogP contribution in [0.2, 0.25) is 0 Å². The largest absolute Gasteiger partial charge is 0.476 e. The van der Waals surface area contributed by atoms with Gasteiger partial charge in [-0.25, -0.2) is 4.79 Å². The topological polar surface area (TPSA) is 57.6 Å². The van der Waals surface area contributed by atoms with E-state index in [9.17, 15) is 9.59 Å². The molecule has 0 bridgehead atoms. The molecule has 0 atom stereocenters. The van der Waals surface area contributed by atoms with Gasteiger partial charge >= 0.3 is 5.97 Å². The predicted octanol–water partition coefficient (Wildman–Crippen LogP) is -0.0181. The average molecular weight is 159 g/mol. The van der Waals surface area contributed by atoms with Crippen LogP contribution in [0.15, 0.2) is 0 Å². The third-order valence-corrected chi connectivity index (χ3v) is 1.25. The molecule has 4 nitrogen and oxygen atoms in total. The first-order valence-corrected chi connectivity index (χ1v) is 3.45. The summed E-state index contributed by atoms with van der Waals surface area (Å²) < 4.78 is 0. The maximum absolute atomic E-state index is 10.5. The molecule has 0 amide bonds. The molecule has 64 valence electrons. The van der Waals surface area contributed by atoms with Crippen LogP contribution in [0.5, 0.6) is 0 Å². The summed E-state index contributed by atoms with van der Waals surface area (Å²) >= 11 is 0. The summed E-state index contributed by atoms with van der Waals surface area (Å²) in [5, 5.41) is 8.18. The Morgan fingerprint density at radius 2 is 1.91 bits per heavy atom. The van der Waals surface area contributed by atoms with Crippen molar-refractivity contribution in [2.24, 2.45) is 0 Å². The fourth-order valence-corrected chi connectivity index (χ4v) is 0.663. The highest BCUT2D eigenvalue weighted by molar-refractivity contribution is 6.32. The molecule has 0 radical (unpaired) electrons. The van der Waals surface area contributed by atoms with Gasteiger partial charge in [-0.1, -0.05) is 0 Å². The van der Waals surface area contributed by atoms with Gasteiger partial charge in [-0.15, -0.1) is 0 Å². The van der Waals surface area contributed by atoms with Crippen molar-refractivity contribution in [1.29, 1.82) is 0 Å². The van der Waals surface area contributed by atoms with Crippen LogP contribution in [-0.2, 0) is 9.59 Å². The Kier molecular flexibility index (Phi) is 4.45. The van der Waals surface area contributed by atoms with E-state index in [-0.39, 0.29) is 6.42 Å². The summed E-state index contributed by atoms with van der Waals surface area (Å²) in [6.07, 6.45) is 0.742. The lowest BCUT2D eigenvalue weighted by molar-refractivity contribution is -0.149. The van der Waals surface area contributed by atoms with Crippen LogP contribution in [0, 0.1) is 0 Å². The van der Waals surface area contributed by atoms with Crippen molar-refractivity contribution in [3.8, 4) is 0 Å². The number of carboxylic acids is 1. The number of Topliss-reactive ketones (excluding diaryl/α,β-unsaturated/α-hetero) is 1. The van der Waals surface area contributed by atoms with Gasteiger partial charge in [0.2, 0.25) is 5.78 Å². The Bertz CT molecular complexity index is 154. The van der Waals surface area contributed by atoms with Crippen LogP contribution in [-0.4, -0.2) is 42.4 Å². The van der Waals surface area contributed by atoms with Crippen molar-refractivity contribution in [3.05, 3.63) is 0 Å². The highest BCUT2D eigenvalue weighted by Crippen LogP contribution is 1.92. The zero-order chi connectivity index (χ0) is 8.85. The zero-order valence-corrected chi connectivity index (χ0v) is 6.83. The average Bonchev–Trinajstić information content (AvgIpc) is 1.86. The number of hydrogen-bond acceptors (Lipinski definition) is 3. The molecule has 0 spiro atoms. The SMILES string of the molecule is CN(C)CCCC(=O)C(=O)O. The molecule has 0 aromatic carbocycles. The Labute approximate surface area is 65.8 Å². The molecule has 0 aromatic rings. The van der Waals surface area contributed by atoms with E-state index >= 15 is 0 Å². The van der Waals surface area contributed by atoms with Crippen LogP contribution >= 0.6 is 0 Å². The first-order valence-electron chi connectivity index (χ1n) is 3.45. The number of nitrogens with zero attached hydrogens (tertiary/aromatic N) is 1. The molecule has 0 unspecified atom stereocenters. The van der Waals surface area contributed by atoms with Gasteiger partial charge in [-0.3, -0.25) is 4.79 Å². The number of ketones is 1. The van der Waals surface area contributed by atoms with Crippen molar-refractivity contribution < 1.29 is 14.7 Å². The molecule has 0 aliphatic carbocycles. The molecule has 11 heavy (non-hydrogen) atoms. The smallest absolute Gasteiger partial charge is 0.372 e. The first kappa shape index (κ1) is 10.1. The molecule has 1 N–H and O–H groups in total. The van der Waals surface area contributed by atoms with Crippen molar-refractivity contribution in [1.82, 2.24) is 4.90 Å². The lowest BCUT2D eigenvalue weighted by atomic mass is 10.2. The molecule has 0 fully saturated rings. The van der Waals surface area contributed by atoms with E-state index < -0.39 is 11.8 Å². The number of hydrogen-bond donors (Lipinski definition) is 1. The molecule has 0 saturated heterocycles. The molecule has 0 heterocycles. The molecule has 0 aliphatic rings. The van der Waals surface area contributed by atoms with Crippen LogP contribution < -0.4 is 0 Å². The van der Waals surface area contributed by atoms with Crippen molar-refractivity contribution in [2.45, 2.75) is 12.8 Å². The predicted molar refractivity (Wildman–Crippen MR) is 40.4 cm³/mol. The van der Waals surface area contributed by atoms with Gasteiger partial charge in [0.15, 0.2) is 0 Å². The highest BCUT2D eigenvalue weighted by Gasteiger charge is 2.09. The van der Waals surface area contributed by atoms with Gasteiger partial charge in [0, 0.05) is 6.42 Å². The van der Waals surface area contributed by atoms with Gasteiger partial charge in [-0.2, -0.15) is 0 Å². The summed E-state index contributed by atoms with van der Waals surface area (Å²) in [6, 6.07) is 0. The van der Waals surface area contributed by atoms with E-state index in [0.29, 0.717) is 6.42 Å². The fourth-order valence-electron chi connectivity index (χ4n) is 0.663. The van der Waals surface area contributed by atoms with Gasteiger partial charge in [0.05, 0.1) is 0 Å². The summed E-state index contributed by atoms with van der Waals surface area (Å²) in [5.74, 6) is -2.03. The van der Waals surface area contributed by atoms with E-state index in [1.807, 2.05) is 19.0 Å². The van der Waals surface area contributed by atoms with E-state index in [2.05, 4.69) is 0 Å².